The van der Waals surface area contributed by atoms with E-state index in [1.54, 1.807) is 24.0 Å². The quantitative estimate of drug-likeness (QED) is 0.479. The highest BCUT2D eigenvalue weighted by molar-refractivity contribution is 9.09. The molecule has 0 bridgehead atoms. The van der Waals surface area contributed by atoms with Crippen molar-refractivity contribution in [2.24, 2.45) is 0 Å². The molecule has 0 radical (unpaired) electrons. The van der Waals surface area contributed by atoms with Crippen molar-refractivity contribution in [2.75, 3.05) is 25.0 Å². The van der Waals surface area contributed by atoms with Gasteiger partial charge in [0.05, 0.1) is 17.6 Å². The molecular formula is C13H15BrN2O4. The van der Waals surface area contributed by atoms with Gasteiger partial charge in [-0.2, -0.15) is 0 Å². The van der Waals surface area contributed by atoms with Crippen LogP contribution in [0.2, 0.25) is 0 Å². The maximum atomic E-state index is 12.6. The summed E-state index contributed by atoms with van der Waals surface area (Å²) in [5.74, 6) is -0.302. The van der Waals surface area contributed by atoms with Crippen LogP contribution in [0.5, 0.6) is 0 Å². The molecule has 1 saturated heterocycles. The molecule has 2 rings (SSSR count). The molecule has 1 atom stereocenters. The molecule has 1 aliphatic rings. The summed E-state index contributed by atoms with van der Waals surface area (Å²) >= 11 is 3.32. The summed E-state index contributed by atoms with van der Waals surface area (Å²) in [6.45, 7) is 3.05. The van der Waals surface area contributed by atoms with Gasteiger partial charge in [-0.15, -0.1) is 0 Å². The third-order valence-electron chi connectivity index (χ3n) is 3.26. The maximum Gasteiger partial charge on any atom is 0.282 e. The third-order valence-corrected chi connectivity index (χ3v) is 3.98. The molecule has 0 aliphatic carbocycles. The van der Waals surface area contributed by atoms with Crippen LogP contribution >= 0.6 is 15.9 Å². The van der Waals surface area contributed by atoms with Gasteiger partial charge in [-0.3, -0.25) is 14.9 Å². The van der Waals surface area contributed by atoms with Crippen molar-refractivity contribution in [1.29, 1.82) is 0 Å². The predicted octanol–water partition coefficient (Wildman–Crippen LogP) is 2.14. The van der Waals surface area contributed by atoms with Crippen molar-refractivity contribution in [1.82, 2.24) is 4.90 Å². The highest BCUT2D eigenvalue weighted by atomic mass is 79.9. The van der Waals surface area contributed by atoms with Gasteiger partial charge in [0.15, 0.2) is 0 Å². The minimum Gasteiger partial charge on any atom is -0.374 e. The number of amides is 1. The second-order valence-corrected chi connectivity index (χ2v) is 5.27. The summed E-state index contributed by atoms with van der Waals surface area (Å²) < 4.78 is 5.48. The van der Waals surface area contributed by atoms with E-state index in [-0.39, 0.29) is 23.3 Å². The Hall–Kier alpha value is -1.47. The number of nitro benzene ring substituents is 1. The van der Waals surface area contributed by atoms with Crippen molar-refractivity contribution in [3.8, 4) is 0 Å². The number of halogens is 1. The van der Waals surface area contributed by atoms with Crippen LogP contribution in [0.3, 0.4) is 0 Å². The molecule has 6 nitrogen and oxygen atoms in total. The second kappa shape index (κ2) is 6.32. The van der Waals surface area contributed by atoms with Gasteiger partial charge in [0.25, 0.3) is 11.6 Å². The smallest absolute Gasteiger partial charge is 0.282 e. The molecule has 108 valence electrons. The Labute approximate surface area is 125 Å². The van der Waals surface area contributed by atoms with Crippen molar-refractivity contribution in [3.63, 3.8) is 0 Å². The van der Waals surface area contributed by atoms with E-state index in [1.807, 2.05) is 0 Å². The molecule has 1 aromatic rings. The van der Waals surface area contributed by atoms with Crippen molar-refractivity contribution in [2.45, 2.75) is 13.0 Å². The lowest BCUT2D eigenvalue weighted by molar-refractivity contribution is -0.385. The normalized spacial score (nSPS) is 18.9. The van der Waals surface area contributed by atoms with Gasteiger partial charge in [0, 0.05) is 24.5 Å². The lowest BCUT2D eigenvalue weighted by atomic mass is 10.0. The Kier molecular flexibility index (Phi) is 4.72. The maximum absolute atomic E-state index is 12.6. The molecule has 0 spiro atoms. The van der Waals surface area contributed by atoms with Crippen LogP contribution in [-0.4, -0.2) is 46.9 Å². The number of nitrogens with zero attached hydrogens (tertiary/aromatic N) is 2. The number of nitro groups is 1. The Morgan fingerprint density at radius 1 is 1.60 bits per heavy atom. The van der Waals surface area contributed by atoms with Gasteiger partial charge in [-0.1, -0.05) is 28.1 Å². The molecule has 1 heterocycles. The fourth-order valence-corrected chi connectivity index (χ4v) is 2.63. The number of hydrogen-bond donors (Lipinski definition) is 0. The summed E-state index contributed by atoms with van der Waals surface area (Å²) in [4.78, 5) is 24.7. The van der Waals surface area contributed by atoms with E-state index in [1.165, 1.54) is 6.07 Å². The average molecular weight is 343 g/mol. The number of morpholine rings is 1. The highest BCUT2D eigenvalue weighted by Gasteiger charge is 2.30. The van der Waals surface area contributed by atoms with Crippen molar-refractivity contribution < 1.29 is 14.5 Å². The van der Waals surface area contributed by atoms with E-state index in [4.69, 9.17) is 4.74 Å². The molecular weight excluding hydrogens is 328 g/mol. The number of rotatable bonds is 3. The largest absolute Gasteiger partial charge is 0.374 e. The molecule has 1 aliphatic heterocycles. The number of carbonyl (C=O) groups is 1. The molecule has 20 heavy (non-hydrogen) atoms. The summed E-state index contributed by atoms with van der Waals surface area (Å²) in [6, 6.07) is 4.66. The number of hydrogen-bond acceptors (Lipinski definition) is 4. The van der Waals surface area contributed by atoms with E-state index < -0.39 is 4.92 Å². The number of aryl methyl sites for hydroxylation is 1. The van der Waals surface area contributed by atoms with E-state index in [0.29, 0.717) is 30.6 Å². The van der Waals surface area contributed by atoms with Crippen molar-refractivity contribution in [3.05, 3.63) is 39.4 Å². The molecule has 7 heteroatoms. The molecule has 0 N–H and O–H groups in total. The minimum absolute atomic E-state index is 0.0734. The summed E-state index contributed by atoms with van der Waals surface area (Å²) in [7, 11) is 0. The first kappa shape index (κ1) is 14.9. The molecule has 0 aromatic heterocycles. The Balaban J connectivity index is 2.31. The standard InChI is InChI=1S/C13H15BrN2O4/c1-9-3-2-4-11(16(18)19)12(9)13(17)15-5-6-20-10(7-14)8-15/h2-4,10H,5-8H2,1H3. The van der Waals surface area contributed by atoms with Crippen molar-refractivity contribution >= 4 is 27.5 Å². The zero-order valence-corrected chi connectivity index (χ0v) is 12.6. The zero-order chi connectivity index (χ0) is 14.7. The third kappa shape index (κ3) is 2.99. The molecule has 1 aromatic carbocycles. The highest BCUT2D eigenvalue weighted by Crippen LogP contribution is 2.24. The van der Waals surface area contributed by atoms with Crippen LogP contribution in [0.4, 0.5) is 5.69 Å². The summed E-state index contributed by atoms with van der Waals surface area (Å²) in [6.07, 6.45) is -0.0734. The predicted molar refractivity (Wildman–Crippen MR) is 77.3 cm³/mol. The summed E-state index contributed by atoms with van der Waals surface area (Å²) in [5, 5.41) is 11.7. The molecule has 0 saturated carbocycles. The Morgan fingerprint density at radius 2 is 2.35 bits per heavy atom. The van der Waals surface area contributed by atoms with E-state index in [9.17, 15) is 14.9 Å². The SMILES string of the molecule is Cc1cccc([N+](=O)[O-])c1C(=O)N1CCOC(CBr)C1. The van der Waals surface area contributed by atoms with Crippen LogP contribution in [0.1, 0.15) is 15.9 Å². The Morgan fingerprint density at radius 3 is 3.00 bits per heavy atom. The molecule has 1 unspecified atom stereocenters. The van der Waals surface area contributed by atoms with Gasteiger partial charge in [0.2, 0.25) is 0 Å². The molecule has 1 fully saturated rings. The number of ether oxygens (including phenoxy) is 1. The second-order valence-electron chi connectivity index (χ2n) is 4.62. The van der Waals surface area contributed by atoms with Gasteiger partial charge >= 0.3 is 0 Å². The van der Waals surface area contributed by atoms with E-state index in [0.717, 1.165) is 0 Å². The Bertz CT molecular complexity index is 535. The number of alkyl halides is 1. The first-order valence-corrected chi connectivity index (χ1v) is 7.37. The topological polar surface area (TPSA) is 72.7 Å². The molecule has 1 amide bonds. The van der Waals surface area contributed by atoms with Gasteiger partial charge < -0.3 is 9.64 Å². The van der Waals surface area contributed by atoms with E-state index >= 15 is 0 Å². The van der Waals surface area contributed by atoms with Gasteiger partial charge in [0.1, 0.15) is 5.56 Å². The first-order valence-electron chi connectivity index (χ1n) is 6.25. The van der Waals surface area contributed by atoms with Crippen LogP contribution in [0, 0.1) is 17.0 Å². The lowest BCUT2D eigenvalue weighted by Crippen LogP contribution is -2.46. The number of benzene rings is 1. The lowest BCUT2D eigenvalue weighted by Gasteiger charge is -2.32. The monoisotopic (exact) mass is 342 g/mol. The van der Waals surface area contributed by atoms with Gasteiger partial charge in [-0.25, -0.2) is 0 Å². The summed E-state index contributed by atoms with van der Waals surface area (Å²) in [5.41, 5.74) is 0.649. The average Bonchev–Trinajstić information content (AvgIpc) is 2.46. The minimum atomic E-state index is -0.511. The van der Waals surface area contributed by atoms with Crippen LogP contribution in [-0.2, 0) is 4.74 Å². The van der Waals surface area contributed by atoms with Gasteiger partial charge in [-0.05, 0) is 12.5 Å². The first-order chi connectivity index (χ1) is 9.54. The number of carbonyl (C=O) groups excluding carboxylic acids is 1. The fourth-order valence-electron chi connectivity index (χ4n) is 2.24. The fraction of sp³-hybridized carbons (Fsp3) is 0.462. The van der Waals surface area contributed by atoms with Crippen LogP contribution < -0.4 is 0 Å². The van der Waals surface area contributed by atoms with Crippen LogP contribution in [0.25, 0.3) is 0 Å². The zero-order valence-electron chi connectivity index (χ0n) is 11.0. The van der Waals surface area contributed by atoms with Crippen LogP contribution in [0.15, 0.2) is 18.2 Å². The van der Waals surface area contributed by atoms with E-state index in [2.05, 4.69) is 15.9 Å².